The minimum Gasteiger partial charge on any atom is -0.494 e. The van der Waals surface area contributed by atoms with Gasteiger partial charge in [0.2, 0.25) is 15.9 Å². The van der Waals surface area contributed by atoms with Crippen LogP contribution in [0.2, 0.25) is 0 Å². The lowest BCUT2D eigenvalue weighted by atomic mass is 10.3. The Labute approximate surface area is 137 Å². The number of amides is 1. The minimum atomic E-state index is -3.59. The summed E-state index contributed by atoms with van der Waals surface area (Å²) < 4.78 is 35.3. The Morgan fingerprint density at radius 1 is 1.35 bits per heavy atom. The molecule has 0 saturated carbocycles. The van der Waals surface area contributed by atoms with Gasteiger partial charge in [-0.3, -0.25) is 9.10 Å². The molecular weight excluding hydrogens is 320 g/mol. The molecule has 1 N–H and O–H groups in total. The molecule has 0 heterocycles. The second-order valence-corrected chi connectivity index (χ2v) is 6.80. The molecule has 1 aromatic carbocycles. The second kappa shape index (κ2) is 9.36. The molecule has 130 valence electrons. The van der Waals surface area contributed by atoms with E-state index in [-0.39, 0.29) is 12.5 Å². The number of hydrogen-bond donors (Lipinski definition) is 1. The molecule has 1 amide bonds. The van der Waals surface area contributed by atoms with Gasteiger partial charge in [0, 0.05) is 26.3 Å². The second-order valence-electron chi connectivity index (χ2n) is 4.90. The predicted octanol–water partition coefficient (Wildman–Crippen LogP) is 1.00. The minimum absolute atomic E-state index is 0.276. The van der Waals surface area contributed by atoms with Crippen LogP contribution in [0.5, 0.6) is 5.75 Å². The van der Waals surface area contributed by atoms with Crippen molar-refractivity contribution in [1.29, 1.82) is 0 Å². The summed E-state index contributed by atoms with van der Waals surface area (Å²) in [5.41, 5.74) is 0.394. The third-order valence-electron chi connectivity index (χ3n) is 2.95. The Balaban J connectivity index is 2.81. The zero-order valence-corrected chi connectivity index (χ0v) is 14.6. The van der Waals surface area contributed by atoms with Crippen LogP contribution in [-0.2, 0) is 19.6 Å². The van der Waals surface area contributed by atoms with E-state index in [0.717, 1.165) is 10.6 Å². The number of carbonyl (C=O) groups is 1. The lowest BCUT2D eigenvalue weighted by Gasteiger charge is -2.22. The molecule has 1 rings (SSSR count). The zero-order chi connectivity index (χ0) is 17.3. The predicted molar refractivity (Wildman–Crippen MR) is 89.3 cm³/mol. The zero-order valence-electron chi connectivity index (χ0n) is 13.7. The lowest BCUT2D eigenvalue weighted by Crippen LogP contribution is -2.40. The third kappa shape index (κ3) is 6.87. The van der Waals surface area contributed by atoms with Gasteiger partial charge in [-0.15, -0.1) is 0 Å². The van der Waals surface area contributed by atoms with Crippen LogP contribution in [-0.4, -0.2) is 54.0 Å². The van der Waals surface area contributed by atoms with Gasteiger partial charge >= 0.3 is 0 Å². The topological polar surface area (TPSA) is 84.9 Å². The van der Waals surface area contributed by atoms with Crippen LogP contribution < -0.4 is 14.4 Å². The van der Waals surface area contributed by atoms with Gasteiger partial charge in [0.25, 0.3) is 0 Å². The fourth-order valence-corrected chi connectivity index (χ4v) is 2.77. The quantitative estimate of drug-likeness (QED) is 0.640. The van der Waals surface area contributed by atoms with E-state index in [1.54, 1.807) is 31.4 Å². The number of anilines is 1. The highest BCUT2D eigenvalue weighted by atomic mass is 32.2. The first-order valence-corrected chi connectivity index (χ1v) is 9.19. The van der Waals surface area contributed by atoms with Crippen LogP contribution in [0.3, 0.4) is 0 Å². The SMILES string of the molecule is CCOc1cccc(N(CC(=O)NCCCOC)S(C)(=O)=O)c1. The van der Waals surface area contributed by atoms with Crippen molar-refractivity contribution in [1.82, 2.24) is 5.32 Å². The lowest BCUT2D eigenvalue weighted by molar-refractivity contribution is -0.119. The summed E-state index contributed by atoms with van der Waals surface area (Å²) in [7, 11) is -2.01. The van der Waals surface area contributed by atoms with Crippen molar-refractivity contribution < 1.29 is 22.7 Å². The number of nitrogens with one attached hydrogen (secondary N) is 1. The highest BCUT2D eigenvalue weighted by Crippen LogP contribution is 2.23. The normalized spacial score (nSPS) is 11.1. The molecule has 23 heavy (non-hydrogen) atoms. The van der Waals surface area contributed by atoms with Gasteiger partial charge in [-0.1, -0.05) is 6.07 Å². The summed E-state index contributed by atoms with van der Waals surface area (Å²) in [6, 6.07) is 6.65. The Morgan fingerprint density at radius 3 is 2.70 bits per heavy atom. The molecule has 0 saturated heterocycles. The van der Waals surface area contributed by atoms with Gasteiger partial charge in [0.15, 0.2) is 0 Å². The highest BCUT2D eigenvalue weighted by molar-refractivity contribution is 7.92. The van der Waals surface area contributed by atoms with Gasteiger partial charge in [0.1, 0.15) is 12.3 Å². The van der Waals surface area contributed by atoms with Crippen molar-refractivity contribution >= 4 is 21.6 Å². The number of ether oxygens (including phenoxy) is 2. The van der Waals surface area contributed by atoms with Gasteiger partial charge < -0.3 is 14.8 Å². The summed E-state index contributed by atoms with van der Waals surface area (Å²) in [6.45, 7) is 3.01. The van der Waals surface area contributed by atoms with Crippen molar-refractivity contribution in [3.8, 4) is 5.75 Å². The Morgan fingerprint density at radius 2 is 2.09 bits per heavy atom. The molecule has 0 radical (unpaired) electrons. The Kier molecular flexibility index (Phi) is 7.84. The van der Waals surface area contributed by atoms with Crippen LogP contribution in [0.4, 0.5) is 5.69 Å². The van der Waals surface area contributed by atoms with Crippen LogP contribution in [0.1, 0.15) is 13.3 Å². The van der Waals surface area contributed by atoms with Crippen LogP contribution in [0.25, 0.3) is 0 Å². The molecule has 8 heteroatoms. The molecule has 0 aliphatic rings. The maximum absolute atomic E-state index is 12.0. The molecule has 0 unspecified atom stereocenters. The molecule has 0 spiro atoms. The number of sulfonamides is 1. The standard InChI is InChI=1S/C15H24N2O5S/c1-4-22-14-8-5-7-13(11-14)17(23(3,19)20)12-15(18)16-9-6-10-21-2/h5,7-8,11H,4,6,9-10,12H2,1-3H3,(H,16,18). The summed E-state index contributed by atoms with van der Waals surface area (Å²) in [5.74, 6) is 0.187. The summed E-state index contributed by atoms with van der Waals surface area (Å²) in [5, 5.41) is 2.67. The first-order chi connectivity index (χ1) is 10.9. The van der Waals surface area contributed by atoms with E-state index in [2.05, 4.69) is 5.32 Å². The number of carbonyl (C=O) groups excluding carboxylic acids is 1. The summed E-state index contributed by atoms with van der Waals surface area (Å²) >= 11 is 0. The Bertz CT molecular complexity index is 604. The van der Waals surface area contributed by atoms with Crippen molar-refractivity contribution in [2.45, 2.75) is 13.3 Å². The van der Waals surface area contributed by atoms with E-state index in [4.69, 9.17) is 9.47 Å². The molecular formula is C15H24N2O5S. The van der Waals surface area contributed by atoms with E-state index in [1.807, 2.05) is 6.92 Å². The molecule has 1 aromatic rings. The van der Waals surface area contributed by atoms with E-state index in [1.165, 1.54) is 0 Å². The van der Waals surface area contributed by atoms with E-state index in [0.29, 0.717) is 37.6 Å². The van der Waals surface area contributed by atoms with Crippen molar-refractivity contribution in [3.05, 3.63) is 24.3 Å². The fraction of sp³-hybridized carbons (Fsp3) is 0.533. The molecule has 0 fully saturated rings. The van der Waals surface area contributed by atoms with Gasteiger partial charge in [-0.05, 0) is 25.5 Å². The first kappa shape index (κ1) is 19.2. The van der Waals surface area contributed by atoms with Crippen LogP contribution in [0, 0.1) is 0 Å². The van der Waals surface area contributed by atoms with Crippen molar-refractivity contribution in [2.24, 2.45) is 0 Å². The van der Waals surface area contributed by atoms with Gasteiger partial charge in [0.05, 0.1) is 18.6 Å². The average molecular weight is 344 g/mol. The van der Waals surface area contributed by atoms with Crippen LogP contribution >= 0.6 is 0 Å². The molecule has 7 nitrogen and oxygen atoms in total. The first-order valence-electron chi connectivity index (χ1n) is 7.34. The van der Waals surface area contributed by atoms with Crippen molar-refractivity contribution in [3.63, 3.8) is 0 Å². The number of methoxy groups -OCH3 is 1. The summed E-state index contributed by atoms with van der Waals surface area (Å²) in [6.07, 6.45) is 1.74. The number of hydrogen-bond acceptors (Lipinski definition) is 5. The number of nitrogens with zero attached hydrogens (tertiary/aromatic N) is 1. The maximum atomic E-state index is 12.0. The Hall–Kier alpha value is -1.80. The van der Waals surface area contributed by atoms with Gasteiger partial charge in [-0.2, -0.15) is 0 Å². The molecule has 0 bridgehead atoms. The monoisotopic (exact) mass is 344 g/mol. The fourth-order valence-electron chi connectivity index (χ4n) is 1.93. The number of rotatable bonds is 10. The van der Waals surface area contributed by atoms with Crippen molar-refractivity contribution in [2.75, 3.05) is 44.0 Å². The average Bonchev–Trinajstić information content (AvgIpc) is 2.49. The van der Waals surface area contributed by atoms with E-state index in [9.17, 15) is 13.2 Å². The molecule has 0 atom stereocenters. The van der Waals surface area contributed by atoms with E-state index < -0.39 is 10.0 Å². The smallest absolute Gasteiger partial charge is 0.240 e. The van der Waals surface area contributed by atoms with Crippen LogP contribution in [0.15, 0.2) is 24.3 Å². The molecule has 0 aliphatic carbocycles. The third-order valence-corrected chi connectivity index (χ3v) is 4.09. The molecule has 0 aliphatic heterocycles. The number of benzene rings is 1. The van der Waals surface area contributed by atoms with Gasteiger partial charge in [-0.25, -0.2) is 8.42 Å². The molecule has 0 aromatic heterocycles. The highest BCUT2D eigenvalue weighted by Gasteiger charge is 2.21. The van der Waals surface area contributed by atoms with E-state index >= 15 is 0 Å². The maximum Gasteiger partial charge on any atom is 0.240 e. The largest absolute Gasteiger partial charge is 0.494 e. The summed E-state index contributed by atoms with van der Waals surface area (Å²) in [4.78, 5) is 12.0.